The van der Waals surface area contributed by atoms with Gasteiger partial charge >= 0.3 is 0 Å². The van der Waals surface area contributed by atoms with Crippen LogP contribution in [-0.2, 0) is 6.54 Å². The quantitative estimate of drug-likeness (QED) is 0.536. The second kappa shape index (κ2) is 6.38. The van der Waals surface area contributed by atoms with E-state index in [1.807, 2.05) is 6.07 Å². The lowest BCUT2D eigenvalue weighted by atomic mass is 10.2. The number of furan rings is 1. The number of carbonyl (C=O) groups is 1. The topological polar surface area (TPSA) is 42.2 Å². The third-order valence-electron chi connectivity index (χ3n) is 2.16. The van der Waals surface area contributed by atoms with Gasteiger partial charge in [0.1, 0.15) is 0 Å². The Balaban J connectivity index is 2.21. The van der Waals surface area contributed by atoms with Gasteiger partial charge in [-0.2, -0.15) is 0 Å². The Hall–Kier alpha value is -1.09. The lowest BCUT2D eigenvalue weighted by Crippen LogP contribution is -2.14. The first kappa shape index (κ1) is 11.0. The van der Waals surface area contributed by atoms with Gasteiger partial charge in [0.2, 0.25) is 0 Å². The fourth-order valence-electron chi connectivity index (χ4n) is 1.32. The van der Waals surface area contributed by atoms with Crippen LogP contribution in [0.25, 0.3) is 0 Å². The first-order valence-electron chi connectivity index (χ1n) is 5.10. The minimum atomic E-state index is 0.438. The average molecular weight is 195 g/mol. The number of nitrogens with one attached hydrogen (secondary N) is 1. The Morgan fingerprint density at radius 2 is 2.36 bits per heavy atom. The van der Waals surface area contributed by atoms with E-state index in [0.717, 1.165) is 18.4 Å². The van der Waals surface area contributed by atoms with Crippen LogP contribution in [0.4, 0.5) is 0 Å². The molecule has 78 valence electrons. The second-order valence-corrected chi connectivity index (χ2v) is 3.31. The largest absolute Gasteiger partial charge is 0.461 e. The smallest absolute Gasteiger partial charge is 0.185 e. The molecule has 0 fully saturated rings. The predicted molar refractivity (Wildman–Crippen MR) is 55.3 cm³/mol. The van der Waals surface area contributed by atoms with Crippen molar-refractivity contribution in [1.29, 1.82) is 0 Å². The summed E-state index contributed by atoms with van der Waals surface area (Å²) in [6.45, 7) is 3.90. The highest BCUT2D eigenvalue weighted by Gasteiger charge is 2.03. The van der Waals surface area contributed by atoms with Gasteiger partial charge in [0, 0.05) is 12.1 Å². The fraction of sp³-hybridized carbons (Fsp3) is 0.545. The zero-order chi connectivity index (χ0) is 10.2. The fourth-order valence-corrected chi connectivity index (χ4v) is 1.32. The Bertz CT molecular complexity index is 268. The van der Waals surface area contributed by atoms with Crippen LogP contribution in [0.15, 0.2) is 16.7 Å². The number of hydrogen-bond donors (Lipinski definition) is 1. The van der Waals surface area contributed by atoms with E-state index in [4.69, 9.17) is 4.42 Å². The number of hydrogen-bond acceptors (Lipinski definition) is 3. The van der Waals surface area contributed by atoms with Crippen LogP contribution in [0.5, 0.6) is 0 Å². The molecule has 0 aliphatic heterocycles. The number of carbonyl (C=O) groups excluding carboxylic acids is 1. The van der Waals surface area contributed by atoms with E-state index >= 15 is 0 Å². The van der Waals surface area contributed by atoms with Crippen molar-refractivity contribution in [2.45, 2.75) is 32.7 Å². The van der Waals surface area contributed by atoms with Gasteiger partial charge < -0.3 is 9.73 Å². The average Bonchev–Trinajstić information content (AvgIpc) is 2.65. The molecule has 0 aliphatic carbocycles. The van der Waals surface area contributed by atoms with Gasteiger partial charge in [-0.05, 0) is 19.0 Å². The molecule has 3 nitrogen and oxygen atoms in total. The Labute approximate surface area is 84.5 Å². The van der Waals surface area contributed by atoms with Crippen molar-refractivity contribution in [2.24, 2.45) is 0 Å². The molecule has 14 heavy (non-hydrogen) atoms. The molecule has 0 aliphatic rings. The molecule has 0 spiro atoms. The van der Waals surface area contributed by atoms with Crippen LogP contribution in [0.3, 0.4) is 0 Å². The lowest BCUT2D eigenvalue weighted by molar-refractivity contribution is 0.109. The third kappa shape index (κ3) is 3.34. The normalized spacial score (nSPS) is 10.4. The number of unbranched alkanes of at least 4 members (excludes halogenated alkanes) is 2. The van der Waals surface area contributed by atoms with E-state index in [0.29, 0.717) is 12.3 Å². The molecule has 1 aromatic rings. The summed E-state index contributed by atoms with van der Waals surface area (Å²) in [5, 5.41) is 3.28. The zero-order valence-corrected chi connectivity index (χ0v) is 8.58. The molecule has 1 rings (SSSR count). The van der Waals surface area contributed by atoms with Gasteiger partial charge in [-0.25, -0.2) is 0 Å². The molecule has 0 atom stereocenters. The van der Waals surface area contributed by atoms with Gasteiger partial charge in [0.25, 0.3) is 0 Å². The van der Waals surface area contributed by atoms with Gasteiger partial charge in [0.05, 0.1) is 6.26 Å². The molecular weight excluding hydrogens is 178 g/mol. The van der Waals surface area contributed by atoms with E-state index in [1.165, 1.54) is 19.3 Å². The molecule has 1 aromatic heterocycles. The first-order valence-corrected chi connectivity index (χ1v) is 5.10. The summed E-state index contributed by atoms with van der Waals surface area (Å²) in [5.74, 6) is 0.438. The van der Waals surface area contributed by atoms with Gasteiger partial charge in [-0.1, -0.05) is 19.8 Å². The van der Waals surface area contributed by atoms with Crippen LogP contribution in [-0.4, -0.2) is 12.8 Å². The van der Waals surface area contributed by atoms with Gasteiger partial charge in [-0.3, -0.25) is 4.79 Å². The summed E-state index contributed by atoms with van der Waals surface area (Å²) in [5.41, 5.74) is 0.941. The highest BCUT2D eigenvalue weighted by Crippen LogP contribution is 2.07. The van der Waals surface area contributed by atoms with Crippen LogP contribution < -0.4 is 5.32 Å². The minimum Gasteiger partial charge on any atom is -0.461 e. The van der Waals surface area contributed by atoms with Crippen LogP contribution >= 0.6 is 0 Å². The molecule has 3 heteroatoms. The Morgan fingerprint density at radius 3 is 3.07 bits per heavy atom. The maximum Gasteiger partial charge on any atom is 0.185 e. The minimum absolute atomic E-state index is 0.438. The van der Waals surface area contributed by atoms with Gasteiger partial charge in [-0.15, -0.1) is 0 Å². The summed E-state index contributed by atoms with van der Waals surface area (Å²) in [7, 11) is 0. The maximum atomic E-state index is 10.5. The summed E-state index contributed by atoms with van der Waals surface area (Å²) in [4.78, 5) is 10.5. The standard InChI is InChI=1S/C11H17NO2/c1-2-3-4-6-12-8-10-5-7-14-11(10)9-13/h5,7,9,12H,2-4,6,8H2,1H3. The summed E-state index contributed by atoms with van der Waals surface area (Å²) in [6, 6.07) is 1.83. The second-order valence-electron chi connectivity index (χ2n) is 3.31. The van der Waals surface area contributed by atoms with Crippen molar-refractivity contribution in [1.82, 2.24) is 5.32 Å². The van der Waals surface area contributed by atoms with Gasteiger partial charge in [0.15, 0.2) is 12.0 Å². The molecule has 1 heterocycles. The molecule has 0 saturated heterocycles. The predicted octanol–water partition coefficient (Wildman–Crippen LogP) is 2.37. The summed E-state index contributed by atoms with van der Waals surface area (Å²) < 4.78 is 4.98. The highest BCUT2D eigenvalue weighted by atomic mass is 16.3. The molecule has 0 radical (unpaired) electrons. The molecule has 0 unspecified atom stereocenters. The van der Waals surface area contributed by atoms with E-state index in [-0.39, 0.29) is 0 Å². The maximum absolute atomic E-state index is 10.5. The summed E-state index contributed by atoms with van der Waals surface area (Å²) >= 11 is 0. The van der Waals surface area contributed by atoms with Crippen molar-refractivity contribution in [3.8, 4) is 0 Å². The van der Waals surface area contributed by atoms with E-state index in [9.17, 15) is 4.79 Å². The van der Waals surface area contributed by atoms with Crippen molar-refractivity contribution in [3.63, 3.8) is 0 Å². The Kier molecular flexibility index (Phi) is 5.00. The van der Waals surface area contributed by atoms with Crippen LogP contribution in [0.1, 0.15) is 42.3 Å². The van der Waals surface area contributed by atoms with Crippen molar-refractivity contribution in [3.05, 3.63) is 23.7 Å². The molecule has 0 amide bonds. The van der Waals surface area contributed by atoms with Crippen molar-refractivity contribution >= 4 is 6.29 Å². The molecule has 1 N–H and O–H groups in total. The van der Waals surface area contributed by atoms with Crippen molar-refractivity contribution < 1.29 is 9.21 Å². The van der Waals surface area contributed by atoms with Crippen molar-refractivity contribution in [2.75, 3.05) is 6.54 Å². The molecule has 0 saturated carbocycles. The zero-order valence-electron chi connectivity index (χ0n) is 8.58. The van der Waals surface area contributed by atoms with E-state index in [1.54, 1.807) is 6.26 Å². The Morgan fingerprint density at radius 1 is 1.50 bits per heavy atom. The molecule has 0 aromatic carbocycles. The molecule has 0 bridgehead atoms. The van der Waals surface area contributed by atoms with Crippen LogP contribution in [0, 0.1) is 0 Å². The molecular formula is C11H17NO2. The highest BCUT2D eigenvalue weighted by molar-refractivity contribution is 5.72. The number of rotatable bonds is 7. The van der Waals surface area contributed by atoms with Crippen LogP contribution in [0.2, 0.25) is 0 Å². The first-order chi connectivity index (χ1) is 6.88. The summed E-state index contributed by atoms with van der Waals surface area (Å²) in [6.07, 6.45) is 5.96. The van der Waals surface area contributed by atoms with E-state index in [2.05, 4.69) is 12.2 Å². The monoisotopic (exact) mass is 195 g/mol. The third-order valence-corrected chi connectivity index (χ3v) is 2.16. The van der Waals surface area contributed by atoms with E-state index < -0.39 is 0 Å². The number of aldehydes is 1. The SMILES string of the molecule is CCCCCNCc1ccoc1C=O. The lowest BCUT2D eigenvalue weighted by Gasteiger charge is -2.02.